The van der Waals surface area contributed by atoms with Gasteiger partial charge < -0.3 is 35.7 Å². The minimum atomic E-state index is -10.7. The van der Waals surface area contributed by atoms with Gasteiger partial charge in [0.15, 0.2) is 0 Å². The van der Waals surface area contributed by atoms with Gasteiger partial charge in [-0.3, -0.25) is 0 Å². The molecule has 0 aromatic carbocycles. The van der Waals surface area contributed by atoms with E-state index in [1.54, 1.807) is 0 Å². The zero-order valence-electron chi connectivity index (χ0n) is 26.5. The molecule has 0 aliphatic rings. The molecule has 0 rings (SSSR count). The maximum atomic E-state index is 9.87. The molecule has 0 aliphatic carbocycles. The summed E-state index contributed by atoms with van der Waals surface area (Å²) in [5.74, 6) is 0. The molecule has 6 nitrogen and oxygen atoms in total. The molecule has 0 atom stereocenters. The number of halogens is 36. The molecular formula is C6H36F36N6P6. The molecule has 0 heterocycles. The predicted molar refractivity (Wildman–Crippen MR) is 140 cm³/mol. The van der Waals surface area contributed by atoms with Crippen LogP contribution in [0.25, 0.3) is 0 Å². The summed E-state index contributed by atoms with van der Waals surface area (Å²) in [5.41, 5.74) is 10.5. The van der Waals surface area contributed by atoms with Gasteiger partial charge in [-0.2, -0.15) is 0 Å². The monoisotopic (exact) mass is 1060 g/mol. The number of rotatable bonds is 0. The van der Waals surface area contributed by atoms with E-state index in [2.05, 4.69) is 17.2 Å². The summed E-state index contributed by atoms with van der Waals surface area (Å²) in [4.78, 5) is 0. The first-order valence-electron chi connectivity index (χ1n) is 9.71. The molecule has 0 aromatic rings. The Balaban J connectivity index is -0.0000000371. The van der Waals surface area contributed by atoms with E-state index in [4.69, 9.17) is 0 Å². The normalized spacial score (nSPS) is 19.0. The summed E-state index contributed by atoms with van der Waals surface area (Å²) < 4.78 is 355. The summed E-state index contributed by atoms with van der Waals surface area (Å²) in [6, 6.07) is 0. The molecule has 0 saturated heterocycles. The van der Waals surface area contributed by atoms with Crippen molar-refractivity contribution >= 4 is 46.9 Å². The third-order valence-electron chi connectivity index (χ3n) is 0. The fourth-order valence-electron chi connectivity index (χ4n) is 0. The molecule has 0 aromatic heterocycles. The third-order valence-corrected chi connectivity index (χ3v) is 0. The van der Waals surface area contributed by atoms with E-state index in [1.807, 2.05) is 20.8 Å². The van der Waals surface area contributed by atoms with Crippen molar-refractivity contribution in [2.24, 2.45) is 0 Å². The molecule has 54 heavy (non-hydrogen) atoms. The van der Waals surface area contributed by atoms with Crippen LogP contribution in [-0.4, -0.2) is 19.6 Å². The zero-order chi connectivity index (χ0) is 46.6. The Morgan fingerprint density at radius 1 is 0.204 bits per heavy atom. The Hall–Kier alpha value is -0.180. The van der Waals surface area contributed by atoms with Gasteiger partial charge in [0.05, 0.1) is 19.6 Å². The van der Waals surface area contributed by atoms with Crippen molar-refractivity contribution in [3.05, 3.63) is 0 Å². The van der Waals surface area contributed by atoms with Crippen molar-refractivity contribution < 1.29 is 168 Å². The Labute approximate surface area is 275 Å². The van der Waals surface area contributed by atoms with Gasteiger partial charge in [-0.05, 0) is 20.8 Å². The van der Waals surface area contributed by atoms with Crippen molar-refractivity contribution in [3.8, 4) is 0 Å². The topological polar surface area (TPSA) is 192 Å². The van der Waals surface area contributed by atoms with Gasteiger partial charge >= 0.3 is 198 Å². The van der Waals surface area contributed by atoms with Crippen LogP contribution in [0.1, 0.15) is 20.8 Å². The second-order valence-corrected chi connectivity index (χ2v) is 18.7. The molecule has 0 radical (unpaired) electrons. The quantitative estimate of drug-likeness (QED) is 0.0995. The minimum absolute atomic E-state index is 0. The van der Waals surface area contributed by atoms with Crippen LogP contribution in [-0.2, 0) is 0 Å². The average Bonchev–Trinajstić information content (AvgIpc) is 2.25. The van der Waals surface area contributed by atoms with E-state index >= 15 is 0 Å². The minimum Gasteiger partial charge on any atom is -0.369 e. The van der Waals surface area contributed by atoms with Crippen molar-refractivity contribution in [3.63, 3.8) is 0 Å². The summed E-state index contributed by atoms with van der Waals surface area (Å²) in [5, 5.41) is 0. The molecule has 48 heteroatoms. The summed E-state index contributed by atoms with van der Waals surface area (Å²) >= 11 is 0. The Bertz CT molecular complexity index is 705. The van der Waals surface area contributed by atoms with E-state index in [1.165, 1.54) is 0 Å². The van der Waals surface area contributed by atoms with E-state index in [-0.39, 0.29) is 18.5 Å². The fourth-order valence-corrected chi connectivity index (χ4v) is 0. The number of hydrogen-bond acceptors (Lipinski definition) is 0. The van der Waals surface area contributed by atoms with Gasteiger partial charge in [0.25, 0.3) is 0 Å². The fraction of sp³-hybridized carbons (Fsp3) is 1.00. The first-order valence-corrected chi connectivity index (χ1v) is 21.9. The molecular weight excluding hydrogens is 1030 g/mol. The molecule has 0 amide bonds. The molecule has 0 saturated carbocycles. The molecule has 21 N–H and O–H groups in total. The van der Waals surface area contributed by atoms with E-state index < -0.39 is 46.9 Å². The smallest absolute Gasteiger partial charge is 0.369 e. The molecule has 0 aliphatic heterocycles. The molecule has 0 fully saturated rings. The van der Waals surface area contributed by atoms with Crippen LogP contribution in [0.5, 0.6) is 0 Å². The Morgan fingerprint density at radius 2 is 0.204 bits per heavy atom. The maximum Gasteiger partial charge on any atom is -0.369 e. The van der Waals surface area contributed by atoms with E-state index in [9.17, 15) is 151 Å². The average molecular weight is 1060 g/mol. The first kappa shape index (κ1) is 85.9. The van der Waals surface area contributed by atoms with E-state index in [0.717, 1.165) is 19.6 Å². The van der Waals surface area contributed by atoms with Crippen LogP contribution in [0, 0.1) is 0 Å². The van der Waals surface area contributed by atoms with Crippen molar-refractivity contribution in [1.82, 2.24) is 18.5 Å². The predicted octanol–water partition coefficient (Wildman–Crippen LogP) is 19.2. The van der Waals surface area contributed by atoms with Crippen LogP contribution in [0.4, 0.5) is 151 Å². The van der Waals surface area contributed by atoms with Gasteiger partial charge in [0.2, 0.25) is 0 Å². The zero-order valence-corrected chi connectivity index (χ0v) is 31.9. The molecule has 372 valence electrons. The van der Waals surface area contributed by atoms with Crippen molar-refractivity contribution in [1.29, 1.82) is 0 Å². The second-order valence-electron chi connectivity index (χ2n) is 7.25. The molecule has 0 spiro atoms. The Kier molecular flexibility index (Phi) is 26.2. The van der Waals surface area contributed by atoms with Crippen LogP contribution in [0.15, 0.2) is 0 Å². The van der Waals surface area contributed by atoms with Crippen molar-refractivity contribution in [2.45, 2.75) is 20.8 Å². The standard InChI is InChI=1S/3C2H7N.6F6P.3H3N/c3*1-2-3;6*1-7(2,3,4,5)6;;;/h3*2-3H2,1H3;;;;;;;3*1H3/q;;;6*-1;;;/p+6. The van der Waals surface area contributed by atoms with Gasteiger partial charge in [-0.25, -0.2) is 0 Å². The van der Waals surface area contributed by atoms with Crippen LogP contribution >= 0.6 is 46.9 Å². The summed E-state index contributed by atoms with van der Waals surface area (Å²) in [6.07, 6.45) is 0. The van der Waals surface area contributed by atoms with Crippen molar-refractivity contribution in [2.75, 3.05) is 19.6 Å². The first-order chi connectivity index (χ1) is 18.9. The van der Waals surface area contributed by atoms with Crippen LogP contribution < -0.4 is 35.7 Å². The summed E-state index contributed by atoms with van der Waals surface area (Å²) in [7, 11) is -63.9. The SMILES string of the molecule is CC[NH3+].CC[NH3+].CC[NH3+].F[P-](F)(F)(F)(F)F.F[P-](F)(F)(F)(F)F.F[P-](F)(F)(F)(F)F.F[P-](F)(F)(F)(F)F.F[P-](F)(F)(F)(F)F.F[P-](F)(F)(F)(F)F.[NH4+].[NH4+].[NH4+]. The maximum absolute atomic E-state index is 10.7. The molecule has 0 unspecified atom stereocenters. The number of quaternary nitrogens is 6. The van der Waals surface area contributed by atoms with Gasteiger partial charge in [0, 0.05) is 0 Å². The van der Waals surface area contributed by atoms with Crippen LogP contribution in [0.3, 0.4) is 0 Å². The van der Waals surface area contributed by atoms with Gasteiger partial charge in [-0.15, -0.1) is 0 Å². The van der Waals surface area contributed by atoms with Gasteiger partial charge in [-0.1, -0.05) is 0 Å². The molecule has 0 bridgehead atoms. The Morgan fingerprint density at radius 3 is 0.204 bits per heavy atom. The van der Waals surface area contributed by atoms with Crippen LogP contribution in [0.2, 0.25) is 0 Å². The summed E-state index contributed by atoms with van der Waals surface area (Å²) in [6.45, 7) is 9.04. The largest absolute Gasteiger partial charge is 0.369 e. The second kappa shape index (κ2) is 16.5. The number of hydrogen-bond donors (Lipinski definition) is 6. The third kappa shape index (κ3) is 4130000. The van der Waals surface area contributed by atoms with E-state index in [0.29, 0.717) is 0 Å². The van der Waals surface area contributed by atoms with Gasteiger partial charge in [0.1, 0.15) is 0 Å².